The maximum absolute atomic E-state index is 10.7. The summed E-state index contributed by atoms with van der Waals surface area (Å²) in [4.78, 5) is 14.0. The molecule has 0 aliphatic heterocycles. The van der Waals surface area contributed by atoms with E-state index < -0.39 is 4.92 Å². The number of hydrogen-bond acceptors (Lipinski definition) is 4. The second-order valence-corrected chi connectivity index (χ2v) is 3.54. The minimum Gasteiger partial charge on any atom is -0.490 e. The van der Waals surface area contributed by atoms with Crippen molar-refractivity contribution in [2.75, 3.05) is 0 Å². The van der Waals surface area contributed by atoms with Gasteiger partial charge in [-0.15, -0.1) is 0 Å². The lowest BCUT2D eigenvalue weighted by atomic mass is 10.2. The minimum absolute atomic E-state index is 0.0874. The van der Waals surface area contributed by atoms with Crippen LogP contribution in [-0.4, -0.2) is 16.0 Å². The average Bonchev–Trinajstić information content (AvgIpc) is 3.01. The number of aromatic nitrogens is 1. The van der Waals surface area contributed by atoms with Gasteiger partial charge in [0.15, 0.2) is 0 Å². The summed E-state index contributed by atoms with van der Waals surface area (Å²) >= 11 is 0. The topological polar surface area (TPSA) is 65.3 Å². The third kappa shape index (κ3) is 2.06. The molecular formula is C10H12N2O3. The second-order valence-electron chi connectivity index (χ2n) is 3.54. The van der Waals surface area contributed by atoms with Gasteiger partial charge in [0.1, 0.15) is 11.9 Å². The van der Waals surface area contributed by atoms with Crippen molar-refractivity contribution >= 4 is 5.82 Å². The number of nitro groups is 1. The molecule has 0 bridgehead atoms. The van der Waals surface area contributed by atoms with Gasteiger partial charge in [0.25, 0.3) is 0 Å². The highest BCUT2D eigenvalue weighted by atomic mass is 16.6. The van der Waals surface area contributed by atoms with Crippen LogP contribution in [0.5, 0.6) is 5.75 Å². The summed E-state index contributed by atoms with van der Waals surface area (Å²) in [5, 5.41) is 10.7. The van der Waals surface area contributed by atoms with Crippen molar-refractivity contribution in [3.8, 4) is 5.75 Å². The zero-order chi connectivity index (χ0) is 10.8. The molecule has 0 radical (unpaired) electrons. The van der Waals surface area contributed by atoms with Crippen LogP contribution < -0.4 is 4.74 Å². The van der Waals surface area contributed by atoms with Gasteiger partial charge in [-0.2, -0.15) is 0 Å². The van der Waals surface area contributed by atoms with E-state index in [9.17, 15) is 10.1 Å². The number of pyridine rings is 1. The Morgan fingerprint density at radius 2 is 2.40 bits per heavy atom. The van der Waals surface area contributed by atoms with Crippen LogP contribution in [0.3, 0.4) is 0 Å². The van der Waals surface area contributed by atoms with Crippen LogP contribution in [-0.2, 0) is 6.42 Å². The van der Waals surface area contributed by atoms with Gasteiger partial charge < -0.3 is 14.9 Å². The highest BCUT2D eigenvalue weighted by Gasteiger charge is 2.27. The fourth-order valence-electron chi connectivity index (χ4n) is 1.43. The highest BCUT2D eigenvalue weighted by molar-refractivity contribution is 5.44. The monoisotopic (exact) mass is 208 g/mol. The Bertz CT molecular complexity index is 388. The van der Waals surface area contributed by atoms with E-state index in [0.717, 1.165) is 12.8 Å². The lowest BCUT2D eigenvalue weighted by Gasteiger charge is -2.08. The molecule has 0 atom stereocenters. The van der Waals surface area contributed by atoms with E-state index in [4.69, 9.17) is 4.74 Å². The van der Waals surface area contributed by atoms with Crippen LogP contribution in [0.2, 0.25) is 0 Å². The van der Waals surface area contributed by atoms with E-state index >= 15 is 0 Å². The number of rotatable bonds is 4. The lowest BCUT2D eigenvalue weighted by molar-refractivity contribution is -0.390. The molecule has 1 aromatic rings. The van der Waals surface area contributed by atoms with Gasteiger partial charge in [-0.05, 0) is 29.2 Å². The summed E-state index contributed by atoms with van der Waals surface area (Å²) < 4.78 is 5.59. The highest BCUT2D eigenvalue weighted by Crippen LogP contribution is 2.32. The molecule has 1 aromatic heterocycles. The summed E-state index contributed by atoms with van der Waals surface area (Å²) in [5.41, 5.74) is 0.592. The van der Waals surface area contributed by atoms with Crippen molar-refractivity contribution < 1.29 is 9.66 Å². The number of nitrogens with zero attached hydrogens (tertiary/aromatic N) is 2. The smallest absolute Gasteiger partial charge is 0.370 e. The normalized spacial score (nSPS) is 15.0. The van der Waals surface area contributed by atoms with Gasteiger partial charge in [0.2, 0.25) is 0 Å². The van der Waals surface area contributed by atoms with Gasteiger partial charge in [0, 0.05) is 6.07 Å². The summed E-state index contributed by atoms with van der Waals surface area (Å²) in [6, 6.07) is 1.70. The molecule has 1 aliphatic carbocycles. The van der Waals surface area contributed by atoms with Crippen LogP contribution in [0.25, 0.3) is 0 Å². The molecule has 1 fully saturated rings. The van der Waals surface area contributed by atoms with E-state index in [1.165, 1.54) is 6.20 Å². The van der Waals surface area contributed by atoms with Crippen molar-refractivity contribution in [3.63, 3.8) is 0 Å². The van der Waals surface area contributed by atoms with Crippen LogP contribution in [0.15, 0.2) is 12.3 Å². The predicted octanol–water partition coefficient (Wildman–Crippen LogP) is 2.09. The molecule has 0 aromatic carbocycles. The summed E-state index contributed by atoms with van der Waals surface area (Å²) in [7, 11) is 0. The molecular weight excluding hydrogens is 196 g/mol. The minimum atomic E-state index is -0.460. The molecule has 0 spiro atoms. The zero-order valence-electron chi connectivity index (χ0n) is 8.47. The Morgan fingerprint density at radius 3 is 2.93 bits per heavy atom. The Balaban J connectivity index is 2.34. The van der Waals surface area contributed by atoms with E-state index in [-0.39, 0.29) is 11.9 Å². The molecule has 1 saturated carbocycles. The molecule has 0 unspecified atom stereocenters. The SMILES string of the molecule is CCc1c(OC2CC2)ccnc1[N+](=O)[O-]. The summed E-state index contributed by atoms with van der Waals surface area (Å²) in [6.45, 7) is 1.86. The molecule has 1 heterocycles. The first kappa shape index (κ1) is 9.89. The van der Waals surface area contributed by atoms with Gasteiger partial charge in [-0.25, -0.2) is 0 Å². The molecule has 15 heavy (non-hydrogen) atoms. The predicted molar refractivity (Wildman–Crippen MR) is 53.9 cm³/mol. The second kappa shape index (κ2) is 3.84. The van der Waals surface area contributed by atoms with Crippen LogP contribution >= 0.6 is 0 Å². The maximum Gasteiger partial charge on any atom is 0.370 e. The van der Waals surface area contributed by atoms with Crippen molar-refractivity contribution in [3.05, 3.63) is 27.9 Å². The first-order valence-corrected chi connectivity index (χ1v) is 5.01. The van der Waals surface area contributed by atoms with Crippen LogP contribution in [0, 0.1) is 10.1 Å². The van der Waals surface area contributed by atoms with Gasteiger partial charge in [0.05, 0.1) is 11.7 Å². The fraction of sp³-hybridized carbons (Fsp3) is 0.500. The third-order valence-electron chi connectivity index (χ3n) is 2.33. The Labute approximate surface area is 87.2 Å². The quantitative estimate of drug-likeness (QED) is 0.561. The molecule has 2 rings (SSSR count). The van der Waals surface area contributed by atoms with Crippen LogP contribution in [0.1, 0.15) is 25.3 Å². The van der Waals surface area contributed by atoms with Crippen molar-refractivity contribution in [1.82, 2.24) is 4.98 Å². The molecule has 0 N–H and O–H groups in total. The standard InChI is InChI=1S/C10H12N2O3/c1-2-8-9(15-7-3-4-7)5-6-11-10(8)12(13)14/h5-7H,2-4H2,1H3. The Kier molecular flexibility index (Phi) is 2.53. The number of hydrogen-bond donors (Lipinski definition) is 0. The molecule has 0 amide bonds. The average molecular weight is 208 g/mol. The fourth-order valence-corrected chi connectivity index (χ4v) is 1.43. The van der Waals surface area contributed by atoms with Crippen LogP contribution in [0.4, 0.5) is 5.82 Å². The van der Waals surface area contributed by atoms with Gasteiger partial charge >= 0.3 is 5.82 Å². The lowest BCUT2D eigenvalue weighted by Crippen LogP contribution is -2.03. The van der Waals surface area contributed by atoms with Gasteiger partial charge in [-0.3, -0.25) is 0 Å². The first-order valence-electron chi connectivity index (χ1n) is 5.01. The summed E-state index contributed by atoms with van der Waals surface area (Å²) in [6.07, 6.45) is 4.32. The Morgan fingerprint density at radius 1 is 1.67 bits per heavy atom. The first-order chi connectivity index (χ1) is 7.22. The van der Waals surface area contributed by atoms with E-state index in [1.54, 1.807) is 6.07 Å². The molecule has 5 heteroatoms. The van der Waals surface area contributed by atoms with Crippen molar-refractivity contribution in [1.29, 1.82) is 0 Å². The maximum atomic E-state index is 10.7. The van der Waals surface area contributed by atoms with E-state index in [0.29, 0.717) is 17.7 Å². The van der Waals surface area contributed by atoms with Crippen molar-refractivity contribution in [2.45, 2.75) is 32.3 Å². The Hall–Kier alpha value is -1.65. The number of ether oxygens (including phenoxy) is 1. The van der Waals surface area contributed by atoms with E-state index in [2.05, 4.69) is 4.98 Å². The van der Waals surface area contributed by atoms with E-state index in [1.807, 2.05) is 6.92 Å². The summed E-state index contributed by atoms with van der Waals surface area (Å²) in [5.74, 6) is 0.525. The zero-order valence-corrected chi connectivity index (χ0v) is 8.47. The molecule has 80 valence electrons. The largest absolute Gasteiger partial charge is 0.490 e. The third-order valence-corrected chi connectivity index (χ3v) is 2.33. The van der Waals surface area contributed by atoms with Gasteiger partial charge in [-0.1, -0.05) is 6.92 Å². The molecule has 0 saturated heterocycles. The molecule has 5 nitrogen and oxygen atoms in total. The van der Waals surface area contributed by atoms with Crippen molar-refractivity contribution in [2.24, 2.45) is 0 Å². The molecule has 1 aliphatic rings.